The summed E-state index contributed by atoms with van der Waals surface area (Å²) < 4.78 is 4.90. The van der Waals surface area contributed by atoms with Gasteiger partial charge in [-0.05, 0) is 228 Å². The highest BCUT2D eigenvalue weighted by atomic mass is 15.2. The SMILES string of the molecule is c1ccc(-c2ccc(-c3cc4cc5c(cc(-c6ccc(-c7ccccc7)cc6)n5-c5ccc(N(c6ccccc6)c6ccc(N(c7ccccc7)c7ccccc7)cc6)cc5)cc4n3-c3ccc(N(c4ccccc4)c4ccc(N(c5ccccc5)c5ccccc5)cc4)cc3)cc2)cc1. The van der Waals surface area contributed by atoms with E-state index in [-0.39, 0.29) is 0 Å². The number of hydrogen-bond donors (Lipinski definition) is 0. The molecule has 100 heavy (non-hydrogen) atoms. The van der Waals surface area contributed by atoms with Crippen LogP contribution in [-0.4, -0.2) is 9.13 Å². The molecule has 474 valence electrons. The first kappa shape index (κ1) is 60.3. The number of nitrogens with zero attached hydrogens (tertiary/aromatic N) is 6. The van der Waals surface area contributed by atoms with Gasteiger partial charge in [-0.3, -0.25) is 0 Å². The van der Waals surface area contributed by atoms with Crippen LogP contribution in [0, 0.1) is 0 Å². The Kier molecular flexibility index (Phi) is 16.3. The molecule has 0 aliphatic rings. The van der Waals surface area contributed by atoms with E-state index in [0.717, 1.165) is 124 Å². The maximum atomic E-state index is 2.45. The van der Waals surface area contributed by atoms with Crippen molar-refractivity contribution in [3.05, 3.63) is 413 Å². The van der Waals surface area contributed by atoms with Crippen LogP contribution in [0.25, 0.3) is 77.9 Å². The predicted molar refractivity (Wildman–Crippen MR) is 421 cm³/mol. The van der Waals surface area contributed by atoms with E-state index in [4.69, 9.17) is 0 Å². The fourth-order valence-corrected chi connectivity index (χ4v) is 14.1. The van der Waals surface area contributed by atoms with Crippen molar-refractivity contribution >= 4 is 90.1 Å². The van der Waals surface area contributed by atoms with Gasteiger partial charge in [0.15, 0.2) is 0 Å². The summed E-state index contributed by atoms with van der Waals surface area (Å²) >= 11 is 0. The Balaban J connectivity index is 0.784. The number of para-hydroxylation sites is 6. The van der Waals surface area contributed by atoms with Crippen LogP contribution in [0.5, 0.6) is 0 Å². The maximum absolute atomic E-state index is 2.45. The summed E-state index contributed by atoms with van der Waals surface area (Å²) in [7, 11) is 0. The lowest BCUT2D eigenvalue weighted by Gasteiger charge is -2.28. The van der Waals surface area contributed by atoms with Gasteiger partial charge in [0.1, 0.15) is 0 Å². The van der Waals surface area contributed by atoms with E-state index in [2.05, 4.69) is 441 Å². The molecule has 0 spiro atoms. The predicted octanol–water partition coefficient (Wildman–Crippen LogP) is 26.1. The Hall–Kier alpha value is -13.4. The van der Waals surface area contributed by atoms with Crippen LogP contribution in [0.3, 0.4) is 0 Å². The second-order valence-corrected chi connectivity index (χ2v) is 25.0. The molecule has 0 aliphatic carbocycles. The molecular formula is C94H68N6. The van der Waals surface area contributed by atoms with Crippen molar-refractivity contribution in [1.82, 2.24) is 9.13 Å². The molecule has 0 radical (unpaired) electrons. The van der Waals surface area contributed by atoms with E-state index in [1.165, 1.54) is 22.3 Å². The smallest absolute Gasteiger partial charge is 0.0542 e. The Morgan fingerprint density at radius 3 is 0.560 bits per heavy atom. The lowest BCUT2D eigenvalue weighted by Crippen LogP contribution is -2.12. The zero-order chi connectivity index (χ0) is 66.6. The van der Waals surface area contributed by atoms with Gasteiger partial charge >= 0.3 is 0 Å². The summed E-state index contributed by atoms with van der Waals surface area (Å²) in [6.45, 7) is 0. The molecule has 0 fully saturated rings. The average Bonchev–Trinajstić information content (AvgIpc) is 1.58. The van der Waals surface area contributed by atoms with E-state index in [1.54, 1.807) is 0 Å². The number of anilines is 12. The second kappa shape index (κ2) is 27.0. The van der Waals surface area contributed by atoms with E-state index in [0.29, 0.717) is 0 Å². The van der Waals surface area contributed by atoms with Crippen molar-refractivity contribution in [1.29, 1.82) is 0 Å². The molecule has 0 bridgehead atoms. The standard InChI is InChI=1S/C94H68N6/c1-9-25-69(26-10-1)71-41-45-73(46-42-71)91-65-75-67-94-76(68-93(75)99(91)89-61-57-87(58-62-89)97(81-37-21-7-22-38-81)85-53-49-83(50-54-85)95(77-29-13-3-14-30-77)78-31-15-4-16-32-78)66-92(74-47-43-72(44-48-74)70-27-11-2-12-28-70)100(94)90-63-59-88(60-64-90)98(82-39-23-8-24-40-82)86-55-51-84(52-56-86)96(79-33-17-5-18-34-79)80-35-19-6-20-36-80/h1-68H. The zero-order valence-electron chi connectivity index (χ0n) is 54.9. The van der Waals surface area contributed by atoms with Gasteiger partial charge in [0.2, 0.25) is 0 Å². The fraction of sp³-hybridized carbons (Fsp3) is 0. The summed E-state index contributed by atoms with van der Waals surface area (Å²) in [5, 5.41) is 2.26. The van der Waals surface area contributed by atoms with Crippen molar-refractivity contribution in [3.8, 4) is 56.1 Å². The monoisotopic (exact) mass is 1280 g/mol. The van der Waals surface area contributed by atoms with E-state index in [9.17, 15) is 0 Å². The van der Waals surface area contributed by atoms with Crippen molar-refractivity contribution in [2.45, 2.75) is 0 Å². The molecule has 0 aliphatic heterocycles. The topological polar surface area (TPSA) is 22.8 Å². The fourth-order valence-electron chi connectivity index (χ4n) is 14.1. The first-order chi connectivity index (χ1) is 49.6. The summed E-state index contributed by atoms with van der Waals surface area (Å²) in [6.07, 6.45) is 0. The second-order valence-electron chi connectivity index (χ2n) is 25.0. The molecule has 0 N–H and O–H groups in total. The third kappa shape index (κ3) is 11.9. The van der Waals surface area contributed by atoms with Crippen LogP contribution in [0.4, 0.5) is 68.2 Å². The Morgan fingerprint density at radius 1 is 0.150 bits per heavy atom. The molecule has 0 saturated carbocycles. The number of fused-ring (bicyclic) bond motifs is 2. The van der Waals surface area contributed by atoms with Gasteiger partial charge in [0.25, 0.3) is 0 Å². The Bertz CT molecular complexity index is 5130. The highest BCUT2D eigenvalue weighted by Gasteiger charge is 2.23. The maximum Gasteiger partial charge on any atom is 0.0542 e. The van der Waals surface area contributed by atoms with Crippen LogP contribution in [0.1, 0.15) is 0 Å². The van der Waals surface area contributed by atoms with Gasteiger partial charge < -0.3 is 28.7 Å². The van der Waals surface area contributed by atoms with Gasteiger partial charge in [-0.25, -0.2) is 0 Å². The van der Waals surface area contributed by atoms with Crippen LogP contribution in [0.2, 0.25) is 0 Å². The number of benzene rings is 15. The van der Waals surface area contributed by atoms with Crippen LogP contribution >= 0.6 is 0 Å². The first-order valence-electron chi connectivity index (χ1n) is 34.0. The zero-order valence-corrected chi connectivity index (χ0v) is 54.9. The van der Waals surface area contributed by atoms with Crippen LogP contribution in [0.15, 0.2) is 413 Å². The summed E-state index contributed by atoms with van der Waals surface area (Å²) in [6, 6.07) is 149. The summed E-state index contributed by atoms with van der Waals surface area (Å²) in [5.74, 6) is 0. The van der Waals surface area contributed by atoms with Crippen molar-refractivity contribution in [2.24, 2.45) is 0 Å². The summed E-state index contributed by atoms with van der Waals surface area (Å²) in [5.41, 5.74) is 26.3. The Labute approximate surface area is 583 Å². The van der Waals surface area contributed by atoms with E-state index in [1.807, 2.05) is 0 Å². The molecule has 0 saturated heterocycles. The van der Waals surface area contributed by atoms with Crippen molar-refractivity contribution < 1.29 is 0 Å². The molecule has 17 aromatic rings. The highest BCUT2D eigenvalue weighted by Crippen LogP contribution is 2.45. The van der Waals surface area contributed by atoms with Crippen LogP contribution < -0.4 is 19.6 Å². The number of rotatable bonds is 18. The number of hydrogen-bond acceptors (Lipinski definition) is 4. The minimum absolute atomic E-state index is 1.04. The van der Waals surface area contributed by atoms with Gasteiger partial charge in [-0.2, -0.15) is 0 Å². The third-order valence-corrected chi connectivity index (χ3v) is 18.9. The molecular weight excluding hydrogens is 1210 g/mol. The van der Waals surface area contributed by atoms with Gasteiger partial charge in [0, 0.05) is 90.4 Å². The van der Waals surface area contributed by atoms with Gasteiger partial charge in [-0.1, -0.05) is 218 Å². The van der Waals surface area contributed by atoms with E-state index < -0.39 is 0 Å². The molecule has 2 aromatic heterocycles. The lowest BCUT2D eigenvalue weighted by atomic mass is 10.0. The molecule has 0 unspecified atom stereocenters. The molecule has 0 amide bonds. The molecule has 0 atom stereocenters. The molecule has 2 heterocycles. The van der Waals surface area contributed by atoms with Crippen molar-refractivity contribution in [3.63, 3.8) is 0 Å². The largest absolute Gasteiger partial charge is 0.311 e. The quantitative estimate of drug-likeness (QED) is 0.0854. The number of aromatic nitrogens is 2. The lowest BCUT2D eigenvalue weighted by molar-refractivity contribution is 1.13. The molecule has 6 nitrogen and oxygen atoms in total. The minimum atomic E-state index is 1.04. The van der Waals surface area contributed by atoms with E-state index >= 15 is 0 Å². The first-order valence-corrected chi connectivity index (χ1v) is 34.0. The summed E-state index contributed by atoms with van der Waals surface area (Å²) in [4.78, 5) is 9.29. The normalized spacial score (nSPS) is 11.2. The average molecular weight is 1280 g/mol. The van der Waals surface area contributed by atoms with Crippen LogP contribution in [-0.2, 0) is 0 Å². The van der Waals surface area contributed by atoms with Gasteiger partial charge in [0.05, 0.1) is 22.4 Å². The molecule has 15 aromatic carbocycles. The minimum Gasteiger partial charge on any atom is -0.311 e. The van der Waals surface area contributed by atoms with Crippen molar-refractivity contribution in [2.75, 3.05) is 19.6 Å². The molecule has 6 heteroatoms. The van der Waals surface area contributed by atoms with Gasteiger partial charge in [-0.15, -0.1) is 0 Å². The third-order valence-electron chi connectivity index (χ3n) is 18.9. The molecule has 17 rings (SSSR count). The highest BCUT2D eigenvalue weighted by molar-refractivity contribution is 6.03. The Morgan fingerprint density at radius 2 is 0.330 bits per heavy atom.